The average molecular weight is 292 g/mol. The molecule has 1 aliphatic rings. The van der Waals surface area contributed by atoms with Crippen LogP contribution in [-0.4, -0.2) is 65.8 Å². The number of H-pyrrole nitrogens is 1. The highest BCUT2D eigenvalue weighted by Gasteiger charge is 2.21. The largest absolute Gasteiger partial charge is 0.377 e. The first-order valence-corrected chi connectivity index (χ1v) is 7.06. The van der Waals surface area contributed by atoms with Crippen LogP contribution in [0.2, 0.25) is 0 Å². The zero-order valence-electron chi connectivity index (χ0n) is 13.2. The molecule has 2 rings (SSSR count). The van der Waals surface area contributed by atoms with Crippen molar-refractivity contribution in [3.63, 3.8) is 0 Å². The van der Waals surface area contributed by atoms with Gasteiger partial charge in [0, 0.05) is 32.9 Å². The number of anilines is 1. The van der Waals surface area contributed by atoms with Crippen LogP contribution in [-0.2, 0) is 4.74 Å². The lowest BCUT2D eigenvalue weighted by Gasteiger charge is -2.35. The smallest absolute Gasteiger partial charge is 0.170 e. The van der Waals surface area contributed by atoms with Crippen molar-refractivity contribution in [1.29, 1.82) is 0 Å². The number of morpholine rings is 1. The van der Waals surface area contributed by atoms with Gasteiger partial charge in [0.1, 0.15) is 11.7 Å². The van der Waals surface area contributed by atoms with Gasteiger partial charge in [0.15, 0.2) is 5.82 Å². The van der Waals surface area contributed by atoms with E-state index < -0.39 is 0 Å². The summed E-state index contributed by atoms with van der Waals surface area (Å²) in [5.41, 5.74) is 0. The summed E-state index contributed by atoms with van der Waals surface area (Å²) >= 11 is 0. The van der Waals surface area contributed by atoms with Crippen molar-refractivity contribution in [1.82, 2.24) is 20.1 Å². The molecule has 0 bridgehead atoms. The monoisotopic (exact) mass is 292 g/mol. The maximum atomic E-state index is 5.45. The molecule has 1 aromatic heterocycles. The van der Waals surface area contributed by atoms with E-state index in [1.54, 1.807) is 6.20 Å². The van der Waals surface area contributed by atoms with Crippen LogP contribution < -0.4 is 5.01 Å². The van der Waals surface area contributed by atoms with Crippen molar-refractivity contribution in [2.75, 3.05) is 38.9 Å². The van der Waals surface area contributed by atoms with Gasteiger partial charge in [0.25, 0.3) is 0 Å². The third kappa shape index (κ3) is 3.62. The van der Waals surface area contributed by atoms with Crippen molar-refractivity contribution < 1.29 is 4.74 Å². The first-order chi connectivity index (χ1) is 10.0. The second-order valence-corrected chi connectivity index (χ2v) is 5.28. The van der Waals surface area contributed by atoms with Gasteiger partial charge >= 0.3 is 0 Å². The van der Waals surface area contributed by atoms with Gasteiger partial charge in [-0.05, 0) is 13.8 Å². The summed E-state index contributed by atoms with van der Waals surface area (Å²) < 4.78 is 5.45. The molecule has 7 nitrogen and oxygen atoms in total. The van der Waals surface area contributed by atoms with E-state index >= 15 is 0 Å². The van der Waals surface area contributed by atoms with E-state index in [0.717, 1.165) is 24.0 Å². The molecule has 0 unspecified atom stereocenters. The number of rotatable bonds is 4. The summed E-state index contributed by atoms with van der Waals surface area (Å²) in [6, 6.07) is 2.19. The Hall–Kier alpha value is -1.86. The Morgan fingerprint density at radius 2 is 2.33 bits per heavy atom. The molecule has 1 fully saturated rings. The third-order valence-corrected chi connectivity index (χ3v) is 3.40. The summed E-state index contributed by atoms with van der Waals surface area (Å²) in [5, 5.41) is 10.9. The topological polar surface area (TPSA) is 60.0 Å². The molecule has 1 atom stereocenters. The Morgan fingerprint density at radius 1 is 1.57 bits per heavy atom. The SMILES string of the molecule is C=C(/N=C(\C)N(c1cc[nH]n1)N(C)C)N1CCOC[C@H]1C. The molecular formula is C14H24N6O. The van der Waals surface area contributed by atoms with Gasteiger partial charge in [-0.15, -0.1) is 0 Å². The summed E-state index contributed by atoms with van der Waals surface area (Å²) in [7, 11) is 3.90. The molecule has 1 aliphatic heterocycles. The predicted octanol–water partition coefficient (Wildman–Crippen LogP) is 1.30. The number of aromatic amines is 1. The quantitative estimate of drug-likeness (QED) is 0.515. The summed E-state index contributed by atoms with van der Waals surface area (Å²) in [4.78, 5) is 6.82. The number of nitrogens with one attached hydrogen (secondary N) is 1. The lowest BCUT2D eigenvalue weighted by Crippen LogP contribution is -2.44. The van der Waals surface area contributed by atoms with E-state index in [-0.39, 0.29) is 0 Å². The molecule has 0 aliphatic carbocycles. The summed E-state index contributed by atoms with van der Waals surface area (Å²) in [6.45, 7) is 10.4. The number of hydrazine groups is 1. The van der Waals surface area contributed by atoms with Crippen LogP contribution in [0.5, 0.6) is 0 Å². The van der Waals surface area contributed by atoms with E-state index in [1.165, 1.54) is 0 Å². The Balaban J connectivity index is 2.16. The second-order valence-electron chi connectivity index (χ2n) is 5.28. The summed E-state index contributed by atoms with van der Waals surface area (Å²) in [5.74, 6) is 2.37. The molecule has 0 radical (unpaired) electrons. The maximum Gasteiger partial charge on any atom is 0.170 e. The lowest BCUT2D eigenvalue weighted by atomic mass is 10.2. The zero-order valence-corrected chi connectivity index (χ0v) is 13.2. The Bertz CT molecular complexity index is 496. The fraction of sp³-hybridized carbons (Fsp3) is 0.571. The van der Waals surface area contributed by atoms with Crippen molar-refractivity contribution in [2.24, 2.45) is 4.99 Å². The molecule has 2 heterocycles. The Morgan fingerprint density at radius 3 is 2.90 bits per heavy atom. The molecule has 0 spiro atoms. The van der Waals surface area contributed by atoms with Crippen LogP contribution in [0.25, 0.3) is 0 Å². The minimum absolute atomic E-state index is 0.293. The highest BCUT2D eigenvalue weighted by Crippen LogP contribution is 2.16. The van der Waals surface area contributed by atoms with Crippen molar-refractivity contribution >= 4 is 11.7 Å². The van der Waals surface area contributed by atoms with Crippen molar-refractivity contribution in [3.05, 3.63) is 24.7 Å². The number of nitrogens with zero attached hydrogens (tertiary/aromatic N) is 5. The van der Waals surface area contributed by atoms with E-state index in [2.05, 4.69) is 33.6 Å². The van der Waals surface area contributed by atoms with Gasteiger partial charge in [0.05, 0.1) is 19.3 Å². The molecule has 1 N–H and O–H groups in total. The minimum Gasteiger partial charge on any atom is -0.377 e. The molecular weight excluding hydrogens is 268 g/mol. The van der Waals surface area contributed by atoms with Crippen LogP contribution in [0.15, 0.2) is 29.7 Å². The van der Waals surface area contributed by atoms with Gasteiger partial charge in [-0.1, -0.05) is 6.58 Å². The predicted molar refractivity (Wildman–Crippen MR) is 84.0 cm³/mol. The van der Waals surface area contributed by atoms with Gasteiger partial charge in [-0.3, -0.25) is 5.10 Å². The maximum absolute atomic E-state index is 5.45. The van der Waals surface area contributed by atoms with E-state index in [0.29, 0.717) is 19.3 Å². The van der Waals surface area contributed by atoms with E-state index in [9.17, 15) is 0 Å². The Labute approximate surface area is 125 Å². The van der Waals surface area contributed by atoms with Gasteiger partial charge in [-0.25, -0.2) is 15.0 Å². The third-order valence-electron chi connectivity index (χ3n) is 3.40. The number of hydrogen-bond acceptors (Lipinski definition) is 5. The lowest BCUT2D eigenvalue weighted by molar-refractivity contribution is 0.0166. The van der Waals surface area contributed by atoms with Crippen LogP contribution in [0.1, 0.15) is 13.8 Å². The first kappa shape index (κ1) is 15.5. The number of hydrogen-bond donors (Lipinski definition) is 1. The van der Waals surface area contributed by atoms with E-state index in [1.807, 2.05) is 37.1 Å². The van der Waals surface area contributed by atoms with E-state index in [4.69, 9.17) is 4.74 Å². The minimum atomic E-state index is 0.293. The fourth-order valence-corrected chi connectivity index (χ4v) is 2.44. The molecule has 7 heteroatoms. The van der Waals surface area contributed by atoms with Crippen LogP contribution in [0.4, 0.5) is 5.82 Å². The molecule has 1 aromatic rings. The molecule has 1 saturated heterocycles. The molecule has 0 amide bonds. The van der Waals surface area contributed by atoms with Gasteiger partial charge < -0.3 is 9.64 Å². The Kier molecular flexibility index (Phi) is 4.98. The highest BCUT2D eigenvalue weighted by atomic mass is 16.5. The second kappa shape index (κ2) is 6.73. The summed E-state index contributed by atoms with van der Waals surface area (Å²) in [6.07, 6.45) is 1.79. The van der Waals surface area contributed by atoms with Gasteiger partial charge in [-0.2, -0.15) is 5.10 Å². The highest BCUT2D eigenvalue weighted by molar-refractivity contribution is 5.94. The van der Waals surface area contributed by atoms with Gasteiger partial charge in [0.2, 0.25) is 0 Å². The van der Waals surface area contributed by atoms with Crippen LogP contribution >= 0.6 is 0 Å². The van der Waals surface area contributed by atoms with Crippen LogP contribution in [0.3, 0.4) is 0 Å². The molecule has 0 aromatic carbocycles. The standard InChI is InChI=1S/C14H24N6O/c1-11-10-21-9-8-19(11)12(2)16-13(3)20(18(4)5)14-6-7-15-17-14/h6-7,11H,2,8-10H2,1,3-5H3,(H,15,17)/b16-13+/t11-/m1/s1. The van der Waals surface area contributed by atoms with Crippen molar-refractivity contribution in [3.8, 4) is 0 Å². The number of aliphatic imine (C=N–C) groups is 1. The first-order valence-electron chi connectivity index (χ1n) is 7.06. The molecule has 21 heavy (non-hydrogen) atoms. The zero-order chi connectivity index (χ0) is 15.4. The number of aromatic nitrogens is 2. The number of amidine groups is 1. The average Bonchev–Trinajstić information content (AvgIpc) is 2.92. The number of ether oxygens (including phenoxy) is 1. The molecule has 0 saturated carbocycles. The normalized spacial score (nSPS) is 20.0. The van der Waals surface area contributed by atoms with Crippen molar-refractivity contribution in [2.45, 2.75) is 19.9 Å². The fourth-order valence-electron chi connectivity index (χ4n) is 2.44. The molecule has 116 valence electrons. The van der Waals surface area contributed by atoms with Crippen LogP contribution in [0, 0.1) is 0 Å².